The van der Waals surface area contributed by atoms with Gasteiger partial charge >= 0.3 is 5.97 Å². The van der Waals surface area contributed by atoms with Gasteiger partial charge in [-0.15, -0.1) is 11.3 Å². The summed E-state index contributed by atoms with van der Waals surface area (Å²) in [6.07, 6.45) is -0.193. The van der Waals surface area contributed by atoms with Gasteiger partial charge in [-0.1, -0.05) is 6.92 Å². The van der Waals surface area contributed by atoms with Crippen LogP contribution in [0.15, 0.2) is 29.6 Å². The van der Waals surface area contributed by atoms with Crippen LogP contribution in [0.2, 0.25) is 0 Å². The summed E-state index contributed by atoms with van der Waals surface area (Å²) in [7, 11) is 0. The molecule has 118 valence electrons. The van der Waals surface area contributed by atoms with Gasteiger partial charge in [0.2, 0.25) is 0 Å². The summed E-state index contributed by atoms with van der Waals surface area (Å²) in [6, 6.07) is 7.42. The van der Waals surface area contributed by atoms with Gasteiger partial charge in [0.15, 0.2) is 11.2 Å². The number of nitrogens with two attached hydrogens (primary N) is 1. The lowest BCUT2D eigenvalue weighted by Gasteiger charge is -2.18. The Balaban J connectivity index is 2.05. The van der Waals surface area contributed by atoms with E-state index in [1.807, 2.05) is 50.4 Å². The first-order valence-corrected chi connectivity index (χ1v) is 8.06. The summed E-state index contributed by atoms with van der Waals surface area (Å²) in [5, 5.41) is 2.44. The summed E-state index contributed by atoms with van der Waals surface area (Å²) < 4.78 is 10.9. The summed E-state index contributed by atoms with van der Waals surface area (Å²) in [6.45, 7) is 5.52. The fourth-order valence-corrected chi connectivity index (χ4v) is 2.47. The largest absolute Gasteiger partial charge is 0.479 e. The van der Waals surface area contributed by atoms with Gasteiger partial charge in [-0.2, -0.15) is 0 Å². The molecule has 1 heterocycles. The van der Waals surface area contributed by atoms with Crippen LogP contribution in [-0.2, 0) is 9.53 Å². The van der Waals surface area contributed by atoms with Crippen molar-refractivity contribution in [2.75, 3.05) is 5.73 Å². The molecule has 0 fully saturated rings. The monoisotopic (exact) mass is 320 g/mol. The Morgan fingerprint density at radius 3 is 2.50 bits per heavy atom. The molecular formula is C16H20N2O3S. The van der Waals surface area contributed by atoms with Crippen LogP contribution in [0.5, 0.6) is 5.75 Å². The van der Waals surface area contributed by atoms with E-state index in [0.717, 1.165) is 11.3 Å². The highest BCUT2D eigenvalue weighted by atomic mass is 32.1. The van der Waals surface area contributed by atoms with Crippen LogP contribution in [0.4, 0.5) is 5.13 Å². The third-order valence-electron chi connectivity index (χ3n) is 2.94. The van der Waals surface area contributed by atoms with Crippen molar-refractivity contribution in [3.8, 4) is 17.0 Å². The van der Waals surface area contributed by atoms with Crippen molar-refractivity contribution < 1.29 is 14.3 Å². The van der Waals surface area contributed by atoms with Gasteiger partial charge in [0, 0.05) is 10.9 Å². The molecule has 6 heteroatoms. The number of hydrogen-bond acceptors (Lipinski definition) is 6. The predicted octanol–water partition coefficient (Wildman–Crippen LogP) is 3.50. The molecule has 0 spiro atoms. The van der Waals surface area contributed by atoms with E-state index in [2.05, 4.69) is 4.98 Å². The van der Waals surface area contributed by atoms with Crippen LogP contribution in [0.25, 0.3) is 11.3 Å². The Bertz CT molecular complexity index is 623. The number of nitrogens with zero attached hydrogens (tertiary/aromatic N) is 1. The Labute approximate surface area is 134 Å². The van der Waals surface area contributed by atoms with E-state index in [1.54, 1.807) is 0 Å². The number of nitrogen functional groups attached to an aromatic ring is 1. The first kappa shape index (κ1) is 16.3. The number of aromatic nitrogens is 1. The van der Waals surface area contributed by atoms with Crippen LogP contribution in [0.1, 0.15) is 27.2 Å². The summed E-state index contributed by atoms with van der Waals surface area (Å²) in [4.78, 5) is 16.1. The van der Waals surface area contributed by atoms with Crippen molar-refractivity contribution in [2.45, 2.75) is 39.4 Å². The molecule has 1 atom stereocenters. The quantitative estimate of drug-likeness (QED) is 0.825. The zero-order valence-electron chi connectivity index (χ0n) is 12.9. The molecule has 22 heavy (non-hydrogen) atoms. The normalized spacial score (nSPS) is 12.2. The van der Waals surface area contributed by atoms with Gasteiger partial charge in [0.1, 0.15) is 5.75 Å². The van der Waals surface area contributed by atoms with Crippen LogP contribution >= 0.6 is 11.3 Å². The lowest BCUT2D eigenvalue weighted by atomic mass is 10.1. The molecule has 0 bridgehead atoms. The number of ether oxygens (including phenoxy) is 2. The SMILES string of the molecule is CCC(Oc1ccc(-c2csc(N)n2)cc1)C(=O)OC(C)C. The number of thiazole rings is 1. The van der Waals surface area contributed by atoms with E-state index in [0.29, 0.717) is 17.3 Å². The highest BCUT2D eigenvalue weighted by Gasteiger charge is 2.21. The molecule has 1 aromatic heterocycles. The second-order valence-corrected chi connectivity index (χ2v) is 5.99. The van der Waals surface area contributed by atoms with Crippen molar-refractivity contribution in [3.63, 3.8) is 0 Å². The zero-order valence-corrected chi connectivity index (χ0v) is 13.7. The molecule has 2 rings (SSSR count). The van der Waals surface area contributed by atoms with Crippen LogP contribution in [-0.4, -0.2) is 23.2 Å². The summed E-state index contributed by atoms with van der Waals surface area (Å²) in [5.41, 5.74) is 7.42. The molecule has 1 aromatic carbocycles. The van der Waals surface area contributed by atoms with E-state index >= 15 is 0 Å². The molecule has 0 aliphatic heterocycles. The number of carbonyl (C=O) groups excluding carboxylic acids is 1. The molecule has 2 aromatic rings. The van der Waals surface area contributed by atoms with Crippen molar-refractivity contribution in [3.05, 3.63) is 29.6 Å². The van der Waals surface area contributed by atoms with Crippen LogP contribution in [0.3, 0.4) is 0 Å². The summed E-state index contributed by atoms with van der Waals surface area (Å²) >= 11 is 1.40. The second kappa shape index (κ2) is 7.26. The van der Waals surface area contributed by atoms with Crippen molar-refractivity contribution in [1.29, 1.82) is 0 Å². The van der Waals surface area contributed by atoms with Crippen molar-refractivity contribution >= 4 is 22.4 Å². The topological polar surface area (TPSA) is 74.4 Å². The highest BCUT2D eigenvalue weighted by Crippen LogP contribution is 2.25. The minimum atomic E-state index is -0.594. The van der Waals surface area contributed by atoms with E-state index in [-0.39, 0.29) is 12.1 Å². The third-order valence-corrected chi connectivity index (χ3v) is 3.61. The average molecular weight is 320 g/mol. The molecule has 0 amide bonds. The first-order valence-electron chi connectivity index (χ1n) is 7.18. The average Bonchev–Trinajstić information content (AvgIpc) is 2.91. The first-order chi connectivity index (χ1) is 10.5. The van der Waals surface area contributed by atoms with Crippen LogP contribution in [0, 0.1) is 0 Å². The molecule has 5 nitrogen and oxygen atoms in total. The standard InChI is InChI=1S/C16H20N2O3S/c1-4-14(15(19)20-10(2)3)21-12-7-5-11(6-8-12)13-9-22-16(17)18-13/h5-10,14H,4H2,1-3H3,(H2,17,18). The van der Waals surface area contributed by atoms with E-state index in [9.17, 15) is 4.79 Å². The maximum absolute atomic E-state index is 11.9. The fourth-order valence-electron chi connectivity index (χ4n) is 1.90. The van der Waals surface area contributed by atoms with Crippen molar-refractivity contribution in [2.24, 2.45) is 0 Å². The maximum atomic E-state index is 11.9. The molecule has 0 aliphatic rings. The smallest absolute Gasteiger partial charge is 0.347 e. The molecule has 0 aliphatic carbocycles. The third kappa shape index (κ3) is 4.21. The zero-order chi connectivity index (χ0) is 16.1. The van der Waals surface area contributed by atoms with E-state index < -0.39 is 6.10 Å². The van der Waals surface area contributed by atoms with Gasteiger partial charge < -0.3 is 15.2 Å². The number of rotatable bonds is 6. The minimum Gasteiger partial charge on any atom is -0.479 e. The fraction of sp³-hybridized carbons (Fsp3) is 0.375. The van der Waals surface area contributed by atoms with Crippen LogP contribution < -0.4 is 10.5 Å². The number of anilines is 1. The lowest BCUT2D eigenvalue weighted by molar-refractivity contribution is -0.155. The number of benzene rings is 1. The Morgan fingerprint density at radius 1 is 1.32 bits per heavy atom. The molecule has 0 saturated carbocycles. The van der Waals surface area contributed by atoms with Gasteiger partial charge in [-0.05, 0) is 44.5 Å². The van der Waals surface area contributed by atoms with E-state index in [1.165, 1.54) is 11.3 Å². The number of carbonyl (C=O) groups is 1. The van der Waals surface area contributed by atoms with Crippen molar-refractivity contribution in [1.82, 2.24) is 4.98 Å². The molecule has 2 N–H and O–H groups in total. The van der Waals surface area contributed by atoms with E-state index in [4.69, 9.17) is 15.2 Å². The van der Waals surface area contributed by atoms with Gasteiger partial charge in [-0.3, -0.25) is 0 Å². The second-order valence-electron chi connectivity index (χ2n) is 5.10. The number of hydrogen-bond donors (Lipinski definition) is 1. The van der Waals surface area contributed by atoms with Gasteiger partial charge in [-0.25, -0.2) is 9.78 Å². The lowest BCUT2D eigenvalue weighted by Crippen LogP contribution is -2.30. The van der Waals surface area contributed by atoms with Gasteiger partial charge in [0.25, 0.3) is 0 Å². The number of esters is 1. The Morgan fingerprint density at radius 2 is 2.00 bits per heavy atom. The maximum Gasteiger partial charge on any atom is 0.347 e. The Hall–Kier alpha value is -2.08. The van der Waals surface area contributed by atoms with Gasteiger partial charge in [0.05, 0.1) is 11.8 Å². The molecular weight excluding hydrogens is 300 g/mol. The Kier molecular flexibility index (Phi) is 5.38. The molecule has 0 saturated heterocycles. The highest BCUT2D eigenvalue weighted by molar-refractivity contribution is 7.13. The predicted molar refractivity (Wildman–Crippen MR) is 87.9 cm³/mol. The minimum absolute atomic E-state index is 0.150. The molecule has 1 unspecified atom stereocenters. The molecule has 0 radical (unpaired) electrons. The summed E-state index contributed by atoms with van der Waals surface area (Å²) in [5.74, 6) is 0.286.